The molecule has 0 bridgehead atoms. The van der Waals surface area contributed by atoms with Gasteiger partial charge in [-0.25, -0.2) is 4.39 Å². The summed E-state index contributed by atoms with van der Waals surface area (Å²) in [6, 6.07) is 12.9. The Labute approximate surface area is 121 Å². The fourth-order valence-electron chi connectivity index (χ4n) is 1.99. The van der Waals surface area contributed by atoms with Crippen molar-refractivity contribution >= 4 is 15.9 Å². The Morgan fingerprint density at radius 3 is 2.47 bits per heavy atom. The summed E-state index contributed by atoms with van der Waals surface area (Å²) in [4.78, 5) is 0.0286. The number of ether oxygens (including phenoxy) is 1. The molecule has 0 saturated carbocycles. The summed E-state index contributed by atoms with van der Waals surface area (Å²) >= 11 is 3.62. The van der Waals surface area contributed by atoms with Gasteiger partial charge in [-0.3, -0.25) is 0 Å². The van der Waals surface area contributed by atoms with Crippen molar-refractivity contribution in [3.63, 3.8) is 0 Å². The fraction of sp³-hybridized carbons (Fsp3) is 0.250. The normalized spacial score (nSPS) is 12.2. The molecule has 19 heavy (non-hydrogen) atoms. The number of rotatable bonds is 4. The molecule has 0 saturated heterocycles. The molecule has 100 valence electrons. The first-order chi connectivity index (χ1) is 9.10. The van der Waals surface area contributed by atoms with Crippen molar-refractivity contribution in [3.05, 3.63) is 65.0 Å². The van der Waals surface area contributed by atoms with Crippen LogP contribution in [0.1, 0.15) is 21.5 Å². The molecule has 0 aliphatic heterocycles. The van der Waals surface area contributed by atoms with Crippen molar-refractivity contribution in [1.82, 2.24) is 0 Å². The van der Waals surface area contributed by atoms with Crippen molar-refractivity contribution < 1.29 is 9.13 Å². The number of benzene rings is 2. The Hall–Kier alpha value is -1.35. The van der Waals surface area contributed by atoms with Gasteiger partial charge in [0.05, 0.1) is 7.11 Å². The number of hydrogen-bond acceptors (Lipinski definition) is 1. The van der Waals surface area contributed by atoms with E-state index in [2.05, 4.69) is 47.1 Å². The molecule has 1 nitrogen and oxygen atoms in total. The molecule has 0 spiro atoms. The summed E-state index contributed by atoms with van der Waals surface area (Å²) in [5.74, 6) is 0.458. The second-order valence-corrected chi connectivity index (χ2v) is 5.65. The average Bonchev–Trinajstić information content (AvgIpc) is 2.41. The summed E-state index contributed by atoms with van der Waals surface area (Å²) < 4.78 is 18.6. The lowest BCUT2D eigenvalue weighted by Crippen LogP contribution is -1.99. The van der Waals surface area contributed by atoms with Gasteiger partial charge >= 0.3 is 0 Å². The van der Waals surface area contributed by atoms with Crippen molar-refractivity contribution in [2.24, 2.45) is 0 Å². The summed E-state index contributed by atoms with van der Waals surface area (Å²) in [7, 11) is 1.60. The molecule has 0 aromatic heterocycles. The molecule has 2 aromatic rings. The molecule has 0 N–H and O–H groups in total. The van der Waals surface area contributed by atoms with E-state index in [4.69, 9.17) is 4.74 Å². The zero-order chi connectivity index (χ0) is 13.8. The van der Waals surface area contributed by atoms with Crippen LogP contribution < -0.4 is 4.74 Å². The lowest BCUT2D eigenvalue weighted by Gasteiger charge is -2.14. The van der Waals surface area contributed by atoms with Crippen LogP contribution in [0.3, 0.4) is 0 Å². The van der Waals surface area contributed by atoms with Crippen molar-refractivity contribution in [2.75, 3.05) is 7.11 Å². The largest absolute Gasteiger partial charge is 0.496 e. The molecule has 0 amide bonds. The third-order valence-corrected chi connectivity index (χ3v) is 3.88. The topological polar surface area (TPSA) is 9.23 Å². The Morgan fingerprint density at radius 2 is 1.84 bits per heavy atom. The third kappa shape index (κ3) is 3.57. The lowest BCUT2D eigenvalue weighted by molar-refractivity contribution is 0.408. The zero-order valence-corrected chi connectivity index (χ0v) is 12.6. The number of halogens is 2. The van der Waals surface area contributed by atoms with Crippen LogP contribution in [0.15, 0.2) is 42.5 Å². The monoisotopic (exact) mass is 322 g/mol. The van der Waals surface area contributed by atoms with Gasteiger partial charge in [0.1, 0.15) is 11.6 Å². The van der Waals surface area contributed by atoms with E-state index in [1.54, 1.807) is 13.2 Å². The molecule has 0 fully saturated rings. The minimum absolute atomic E-state index is 0.0286. The third-order valence-electron chi connectivity index (χ3n) is 3.06. The van der Waals surface area contributed by atoms with E-state index >= 15 is 0 Å². The Bertz CT molecular complexity index is 551. The Balaban J connectivity index is 2.21. The van der Waals surface area contributed by atoms with E-state index in [0.717, 1.165) is 12.0 Å². The SMILES string of the molecule is COc1ccc(F)cc1C(Br)Cc1ccc(C)cc1. The van der Waals surface area contributed by atoms with E-state index in [0.29, 0.717) is 5.75 Å². The van der Waals surface area contributed by atoms with Gasteiger partial charge in [0.2, 0.25) is 0 Å². The number of alkyl halides is 1. The van der Waals surface area contributed by atoms with Crippen molar-refractivity contribution in [2.45, 2.75) is 18.2 Å². The summed E-state index contributed by atoms with van der Waals surface area (Å²) in [6.45, 7) is 2.06. The van der Waals surface area contributed by atoms with E-state index in [-0.39, 0.29) is 10.6 Å². The molecule has 0 aliphatic carbocycles. The second-order valence-electron chi connectivity index (χ2n) is 4.54. The molecule has 1 unspecified atom stereocenters. The molecular weight excluding hydrogens is 307 g/mol. The number of hydrogen-bond donors (Lipinski definition) is 0. The van der Waals surface area contributed by atoms with Gasteiger partial charge in [0.15, 0.2) is 0 Å². The molecule has 2 rings (SSSR count). The Morgan fingerprint density at radius 1 is 1.16 bits per heavy atom. The maximum Gasteiger partial charge on any atom is 0.123 e. The van der Waals surface area contributed by atoms with Crippen LogP contribution in [0.5, 0.6) is 5.75 Å². The van der Waals surface area contributed by atoms with Gasteiger partial charge in [-0.05, 0) is 37.1 Å². The standard InChI is InChI=1S/C16H16BrFO/c1-11-3-5-12(6-4-11)9-15(17)14-10-13(18)7-8-16(14)19-2/h3-8,10,15H,9H2,1-2H3. The van der Waals surface area contributed by atoms with Gasteiger partial charge in [-0.2, -0.15) is 0 Å². The highest BCUT2D eigenvalue weighted by molar-refractivity contribution is 9.09. The summed E-state index contributed by atoms with van der Waals surface area (Å²) in [6.07, 6.45) is 0.792. The van der Waals surface area contributed by atoms with E-state index in [1.165, 1.54) is 23.3 Å². The first-order valence-corrected chi connectivity index (χ1v) is 7.05. The van der Waals surface area contributed by atoms with Crippen LogP contribution in [-0.4, -0.2) is 7.11 Å². The van der Waals surface area contributed by atoms with Crippen LogP contribution in [0.4, 0.5) is 4.39 Å². The van der Waals surface area contributed by atoms with E-state index in [9.17, 15) is 4.39 Å². The average molecular weight is 323 g/mol. The van der Waals surface area contributed by atoms with Crippen LogP contribution >= 0.6 is 15.9 Å². The molecule has 3 heteroatoms. The minimum atomic E-state index is -0.246. The summed E-state index contributed by atoms with van der Waals surface area (Å²) in [5, 5.41) is 0. The number of methoxy groups -OCH3 is 1. The van der Waals surface area contributed by atoms with Crippen molar-refractivity contribution in [3.8, 4) is 5.75 Å². The fourth-order valence-corrected chi connectivity index (χ4v) is 2.72. The van der Waals surface area contributed by atoms with E-state index in [1.807, 2.05) is 0 Å². The quantitative estimate of drug-likeness (QED) is 0.733. The van der Waals surface area contributed by atoms with Gasteiger partial charge in [0.25, 0.3) is 0 Å². The van der Waals surface area contributed by atoms with Gasteiger partial charge < -0.3 is 4.74 Å². The first kappa shape index (κ1) is 14.1. The smallest absolute Gasteiger partial charge is 0.123 e. The maximum atomic E-state index is 13.4. The first-order valence-electron chi connectivity index (χ1n) is 6.13. The summed E-state index contributed by atoms with van der Waals surface area (Å²) in [5.41, 5.74) is 3.28. The zero-order valence-electron chi connectivity index (χ0n) is 11.0. The van der Waals surface area contributed by atoms with Crippen LogP contribution in [0.25, 0.3) is 0 Å². The van der Waals surface area contributed by atoms with Gasteiger partial charge in [-0.15, -0.1) is 0 Å². The lowest BCUT2D eigenvalue weighted by atomic mass is 10.0. The molecule has 2 aromatic carbocycles. The number of aryl methyl sites for hydroxylation is 1. The predicted octanol–water partition coefficient (Wildman–Crippen LogP) is 4.82. The van der Waals surface area contributed by atoms with Crippen LogP contribution in [0, 0.1) is 12.7 Å². The Kier molecular flexibility index (Phi) is 4.59. The molecule has 1 atom stereocenters. The molecular formula is C16H16BrFO. The van der Waals surface area contributed by atoms with Gasteiger partial charge in [-0.1, -0.05) is 45.8 Å². The highest BCUT2D eigenvalue weighted by Gasteiger charge is 2.14. The molecule has 0 heterocycles. The van der Waals surface area contributed by atoms with Crippen LogP contribution in [-0.2, 0) is 6.42 Å². The van der Waals surface area contributed by atoms with Crippen LogP contribution in [0.2, 0.25) is 0 Å². The predicted molar refractivity (Wildman–Crippen MR) is 79.5 cm³/mol. The minimum Gasteiger partial charge on any atom is -0.496 e. The van der Waals surface area contributed by atoms with Gasteiger partial charge in [0, 0.05) is 10.4 Å². The van der Waals surface area contributed by atoms with E-state index < -0.39 is 0 Å². The molecule has 0 radical (unpaired) electrons. The highest BCUT2D eigenvalue weighted by Crippen LogP contribution is 2.34. The second kappa shape index (κ2) is 6.20. The molecule has 0 aliphatic rings. The maximum absolute atomic E-state index is 13.4. The van der Waals surface area contributed by atoms with Crippen molar-refractivity contribution in [1.29, 1.82) is 0 Å². The highest BCUT2D eigenvalue weighted by atomic mass is 79.9.